The van der Waals surface area contributed by atoms with Crippen molar-refractivity contribution in [2.45, 2.75) is 30.1 Å². The van der Waals surface area contributed by atoms with Crippen LogP contribution < -0.4 is 4.74 Å². The van der Waals surface area contributed by atoms with E-state index in [-0.39, 0.29) is 6.10 Å². The van der Waals surface area contributed by atoms with E-state index >= 15 is 0 Å². The lowest BCUT2D eigenvalue weighted by Gasteiger charge is -2.15. The number of hydrogen-bond acceptors (Lipinski definition) is 6. The Kier molecular flexibility index (Phi) is 4.30. The Hall–Kier alpha value is -0.960. The second-order valence-corrected chi connectivity index (χ2v) is 8.95. The van der Waals surface area contributed by atoms with E-state index in [1.165, 1.54) is 27.0 Å². The molecule has 0 saturated carbocycles. The number of aryl methyl sites for hydroxylation is 1. The molecule has 114 valence electrons. The van der Waals surface area contributed by atoms with E-state index < -0.39 is 10.0 Å². The summed E-state index contributed by atoms with van der Waals surface area (Å²) in [4.78, 5) is 5.16. The van der Waals surface area contributed by atoms with E-state index in [1.807, 2.05) is 18.4 Å². The van der Waals surface area contributed by atoms with Gasteiger partial charge >= 0.3 is 0 Å². The van der Waals surface area contributed by atoms with Crippen molar-refractivity contribution in [2.75, 3.05) is 13.1 Å². The lowest BCUT2D eigenvalue weighted by Crippen LogP contribution is -2.30. The molecule has 0 N–H and O–H groups in total. The Balaban J connectivity index is 1.69. The monoisotopic (exact) mass is 344 g/mol. The molecule has 0 aromatic carbocycles. The molecule has 0 spiro atoms. The second kappa shape index (κ2) is 6.04. The quantitative estimate of drug-likeness (QED) is 0.836. The summed E-state index contributed by atoms with van der Waals surface area (Å²) in [6.07, 6.45) is 3.12. The fourth-order valence-electron chi connectivity index (χ4n) is 2.24. The third-order valence-corrected chi connectivity index (χ3v) is 7.59. The van der Waals surface area contributed by atoms with E-state index in [2.05, 4.69) is 4.98 Å². The molecule has 1 atom stereocenters. The molecule has 21 heavy (non-hydrogen) atoms. The average Bonchev–Trinajstić information content (AvgIpc) is 3.20. The highest BCUT2D eigenvalue weighted by Crippen LogP contribution is 2.29. The molecule has 0 aliphatic carbocycles. The summed E-state index contributed by atoms with van der Waals surface area (Å²) in [5, 5.41) is 2.44. The number of thiophene rings is 1. The Labute approximate surface area is 132 Å². The molecule has 5 nitrogen and oxygen atoms in total. The SMILES string of the molecule is CCc1ccc(S(=O)(=O)N2CCC(Oc3nccs3)C2)s1. The maximum absolute atomic E-state index is 12.6. The highest BCUT2D eigenvalue weighted by Gasteiger charge is 2.34. The van der Waals surface area contributed by atoms with Crippen LogP contribution in [0.5, 0.6) is 5.19 Å². The van der Waals surface area contributed by atoms with Crippen LogP contribution in [0.4, 0.5) is 0 Å². The van der Waals surface area contributed by atoms with Gasteiger partial charge in [0.2, 0.25) is 0 Å². The van der Waals surface area contributed by atoms with Crippen LogP contribution >= 0.6 is 22.7 Å². The van der Waals surface area contributed by atoms with E-state index in [0.29, 0.717) is 28.9 Å². The van der Waals surface area contributed by atoms with Crippen LogP contribution in [0.15, 0.2) is 27.9 Å². The van der Waals surface area contributed by atoms with Crippen molar-refractivity contribution in [2.24, 2.45) is 0 Å². The molecule has 1 aliphatic heterocycles. The van der Waals surface area contributed by atoms with Gasteiger partial charge in [0.1, 0.15) is 10.3 Å². The number of nitrogens with zero attached hydrogens (tertiary/aromatic N) is 2. The normalized spacial score (nSPS) is 20.0. The Morgan fingerprint density at radius 2 is 2.33 bits per heavy atom. The van der Waals surface area contributed by atoms with Gasteiger partial charge in [-0.15, -0.1) is 11.3 Å². The number of thiazole rings is 1. The van der Waals surface area contributed by atoms with E-state index in [4.69, 9.17) is 4.74 Å². The van der Waals surface area contributed by atoms with Gasteiger partial charge in [-0.1, -0.05) is 18.3 Å². The highest BCUT2D eigenvalue weighted by molar-refractivity contribution is 7.91. The first kappa shape index (κ1) is 15.0. The fourth-order valence-corrected chi connectivity index (χ4v) is 5.73. The summed E-state index contributed by atoms with van der Waals surface area (Å²) < 4.78 is 32.8. The van der Waals surface area contributed by atoms with Gasteiger partial charge in [0, 0.05) is 23.0 Å². The Bertz CT molecular complexity index is 694. The third-order valence-electron chi connectivity index (χ3n) is 3.36. The van der Waals surface area contributed by atoms with Crippen molar-refractivity contribution < 1.29 is 13.2 Å². The van der Waals surface area contributed by atoms with Gasteiger partial charge < -0.3 is 4.74 Å². The summed E-state index contributed by atoms with van der Waals surface area (Å²) in [6, 6.07) is 3.59. The fraction of sp³-hybridized carbons (Fsp3) is 0.462. The van der Waals surface area contributed by atoms with Crippen molar-refractivity contribution in [3.05, 3.63) is 28.6 Å². The molecule has 1 unspecified atom stereocenters. The van der Waals surface area contributed by atoms with Crippen LogP contribution in [-0.2, 0) is 16.4 Å². The maximum Gasteiger partial charge on any atom is 0.273 e. The van der Waals surface area contributed by atoms with E-state index in [0.717, 1.165) is 11.3 Å². The van der Waals surface area contributed by atoms with Gasteiger partial charge in [0.15, 0.2) is 0 Å². The number of ether oxygens (including phenoxy) is 1. The maximum atomic E-state index is 12.6. The van der Waals surface area contributed by atoms with Crippen LogP contribution in [-0.4, -0.2) is 36.9 Å². The predicted molar refractivity (Wildman–Crippen MR) is 83.6 cm³/mol. The lowest BCUT2D eigenvalue weighted by atomic mass is 10.3. The van der Waals surface area contributed by atoms with Crippen LogP contribution in [0.2, 0.25) is 0 Å². The molecule has 8 heteroatoms. The van der Waals surface area contributed by atoms with E-state index in [1.54, 1.807) is 12.3 Å². The molecule has 0 radical (unpaired) electrons. The number of aromatic nitrogens is 1. The zero-order chi connectivity index (χ0) is 14.9. The van der Waals surface area contributed by atoms with Crippen LogP contribution in [0.3, 0.4) is 0 Å². The Morgan fingerprint density at radius 1 is 1.48 bits per heavy atom. The van der Waals surface area contributed by atoms with Crippen molar-refractivity contribution in [3.8, 4) is 5.19 Å². The molecule has 2 aromatic rings. The molecule has 3 heterocycles. The van der Waals surface area contributed by atoms with Gasteiger partial charge in [-0.3, -0.25) is 0 Å². The van der Waals surface area contributed by atoms with Gasteiger partial charge in [-0.05, 0) is 25.0 Å². The van der Waals surface area contributed by atoms with Crippen LogP contribution in [0.25, 0.3) is 0 Å². The van der Waals surface area contributed by atoms with Crippen molar-refractivity contribution in [1.29, 1.82) is 0 Å². The lowest BCUT2D eigenvalue weighted by molar-refractivity contribution is 0.214. The number of sulfonamides is 1. The second-order valence-electron chi connectivity index (χ2n) is 4.76. The highest BCUT2D eigenvalue weighted by atomic mass is 32.2. The molecule has 2 aromatic heterocycles. The zero-order valence-corrected chi connectivity index (χ0v) is 14.0. The summed E-state index contributed by atoms with van der Waals surface area (Å²) in [7, 11) is -3.38. The first-order chi connectivity index (χ1) is 10.1. The summed E-state index contributed by atoms with van der Waals surface area (Å²) in [5.41, 5.74) is 0. The van der Waals surface area contributed by atoms with Crippen molar-refractivity contribution in [3.63, 3.8) is 0 Å². The Morgan fingerprint density at radius 3 is 3.00 bits per heavy atom. The predicted octanol–water partition coefficient (Wildman–Crippen LogP) is 2.61. The summed E-state index contributed by atoms with van der Waals surface area (Å²) in [5.74, 6) is 0. The topological polar surface area (TPSA) is 59.5 Å². The smallest absolute Gasteiger partial charge is 0.273 e. The van der Waals surface area contributed by atoms with Crippen LogP contribution in [0.1, 0.15) is 18.2 Å². The number of rotatable bonds is 5. The molecule has 1 aliphatic rings. The molecule has 0 amide bonds. The molecule has 1 fully saturated rings. The minimum absolute atomic E-state index is 0.114. The van der Waals surface area contributed by atoms with E-state index in [9.17, 15) is 8.42 Å². The first-order valence-electron chi connectivity index (χ1n) is 6.74. The molecular weight excluding hydrogens is 328 g/mol. The third kappa shape index (κ3) is 3.13. The zero-order valence-electron chi connectivity index (χ0n) is 11.6. The molecule has 3 rings (SSSR count). The van der Waals surface area contributed by atoms with Crippen LogP contribution in [0, 0.1) is 0 Å². The van der Waals surface area contributed by atoms with Gasteiger partial charge in [0.25, 0.3) is 15.2 Å². The first-order valence-corrected chi connectivity index (χ1v) is 9.88. The largest absolute Gasteiger partial charge is 0.465 e. The van der Waals surface area contributed by atoms with Crippen molar-refractivity contribution in [1.82, 2.24) is 9.29 Å². The number of hydrogen-bond donors (Lipinski definition) is 0. The van der Waals surface area contributed by atoms with Gasteiger partial charge in [0.05, 0.1) is 6.54 Å². The summed E-state index contributed by atoms with van der Waals surface area (Å²) >= 11 is 2.77. The summed E-state index contributed by atoms with van der Waals surface area (Å²) in [6.45, 7) is 2.91. The standard InChI is InChI=1S/C13H16N2O3S3/c1-2-11-3-4-12(20-11)21(16,17)15-7-5-10(9-15)18-13-14-6-8-19-13/h3-4,6,8,10H,2,5,7,9H2,1H3. The molecule has 0 bridgehead atoms. The van der Waals surface area contributed by atoms with Crippen molar-refractivity contribution >= 4 is 32.7 Å². The minimum atomic E-state index is -3.38. The molecule has 1 saturated heterocycles. The average molecular weight is 344 g/mol. The minimum Gasteiger partial charge on any atom is -0.465 e. The van der Waals surface area contributed by atoms with Gasteiger partial charge in [-0.2, -0.15) is 4.31 Å². The molecular formula is C13H16N2O3S3. The van der Waals surface area contributed by atoms with Gasteiger partial charge in [-0.25, -0.2) is 13.4 Å².